The van der Waals surface area contributed by atoms with Gasteiger partial charge in [-0.15, -0.1) is 11.3 Å². The lowest BCUT2D eigenvalue weighted by Crippen LogP contribution is -2.57. The number of hydrogen-bond donors (Lipinski definition) is 4. The van der Waals surface area contributed by atoms with Gasteiger partial charge in [0, 0.05) is 56.9 Å². The minimum absolute atomic E-state index is 0.119. The number of anilines is 1. The molecule has 4 amide bonds. The quantitative estimate of drug-likeness (QED) is 0.0878. The molecule has 2 aliphatic rings. The summed E-state index contributed by atoms with van der Waals surface area (Å²) in [5, 5.41) is 6.20. The Kier molecular flexibility index (Phi) is 16.1. The number of benzene rings is 2. The molecular weight excluding hydrogens is 737 g/mol. The van der Waals surface area contributed by atoms with Crippen LogP contribution in [0.15, 0.2) is 54.0 Å². The van der Waals surface area contributed by atoms with Gasteiger partial charge < -0.3 is 20.4 Å². The fourth-order valence-corrected chi connectivity index (χ4v) is 8.43. The van der Waals surface area contributed by atoms with E-state index in [4.69, 9.17) is 0 Å². The molecule has 0 aliphatic carbocycles. The predicted molar refractivity (Wildman–Crippen MR) is 229 cm³/mol. The van der Waals surface area contributed by atoms with Gasteiger partial charge in [0.25, 0.3) is 5.91 Å². The number of carbonyl (C=O) groups is 4. The third-order valence-corrected chi connectivity index (χ3v) is 12.1. The van der Waals surface area contributed by atoms with Gasteiger partial charge in [0.15, 0.2) is 0 Å². The van der Waals surface area contributed by atoms with Crippen LogP contribution in [0, 0.1) is 12.3 Å². The number of amides is 4. The topological polar surface area (TPSA) is 139 Å². The first-order valence-electron chi connectivity index (χ1n) is 20.9. The van der Waals surface area contributed by atoms with Gasteiger partial charge in [0.2, 0.25) is 17.7 Å². The Morgan fingerprint density at radius 3 is 2.25 bits per heavy atom. The van der Waals surface area contributed by atoms with Gasteiger partial charge in [-0.3, -0.25) is 29.5 Å². The molecule has 1 aromatic heterocycles. The van der Waals surface area contributed by atoms with Crippen molar-refractivity contribution in [3.05, 3.63) is 70.9 Å². The summed E-state index contributed by atoms with van der Waals surface area (Å²) in [6.45, 7) is 18.1. The number of nitrogens with zero attached hydrogens (tertiary/aromatic N) is 4. The molecule has 0 spiro atoms. The van der Waals surface area contributed by atoms with Crippen molar-refractivity contribution < 1.29 is 19.2 Å². The number of hydrazine groups is 1. The molecule has 2 aromatic carbocycles. The molecule has 0 saturated carbocycles. The summed E-state index contributed by atoms with van der Waals surface area (Å²) in [5.41, 5.74) is 11.9. The first kappa shape index (κ1) is 43.8. The smallest absolute Gasteiger partial charge is 0.265 e. The van der Waals surface area contributed by atoms with Crippen molar-refractivity contribution in [3.8, 4) is 10.4 Å². The third-order valence-electron chi connectivity index (χ3n) is 11.1. The summed E-state index contributed by atoms with van der Waals surface area (Å²) in [7, 11) is 0. The second kappa shape index (κ2) is 20.9. The number of aromatic nitrogens is 1. The maximum absolute atomic E-state index is 14.0. The zero-order valence-electron chi connectivity index (χ0n) is 34.9. The van der Waals surface area contributed by atoms with Crippen molar-refractivity contribution in [3.63, 3.8) is 0 Å². The summed E-state index contributed by atoms with van der Waals surface area (Å²) in [5.74, 6) is -0.590. The van der Waals surface area contributed by atoms with Gasteiger partial charge in [-0.25, -0.2) is 10.4 Å². The van der Waals surface area contributed by atoms with Crippen LogP contribution in [0.1, 0.15) is 114 Å². The Labute approximate surface area is 343 Å². The van der Waals surface area contributed by atoms with E-state index >= 15 is 0 Å². The highest BCUT2D eigenvalue weighted by Gasteiger charge is 2.42. The maximum atomic E-state index is 14.0. The summed E-state index contributed by atoms with van der Waals surface area (Å²) < 4.78 is 0. The van der Waals surface area contributed by atoms with E-state index in [0.717, 1.165) is 105 Å². The first-order chi connectivity index (χ1) is 27.3. The zero-order chi connectivity index (χ0) is 41.0. The lowest BCUT2D eigenvalue weighted by molar-refractivity contribution is -0.144. The fourth-order valence-electron chi connectivity index (χ4n) is 7.61. The van der Waals surface area contributed by atoms with Crippen LogP contribution in [0.25, 0.3) is 10.4 Å². The van der Waals surface area contributed by atoms with E-state index in [1.807, 2.05) is 76.5 Å². The molecular formula is C44H64N8O4S. The average molecular weight is 801 g/mol. The Bertz CT molecular complexity index is 1770. The van der Waals surface area contributed by atoms with Crippen LogP contribution in [-0.4, -0.2) is 96.3 Å². The first-order valence-corrected chi connectivity index (χ1v) is 21.7. The number of thiazole rings is 1. The molecule has 3 atom stereocenters. The molecule has 4 N–H and O–H groups in total. The van der Waals surface area contributed by atoms with E-state index in [0.29, 0.717) is 24.9 Å². The summed E-state index contributed by atoms with van der Waals surface area (Å²) >= 11 is 1.61. The second-order valence-electron chi connectivity index (χ2n) is 16.6. The van der Waals surface area contributed by atoms with Gasteiger partial charge in [0.1, 0.15) is 12.1 Å². The SMILES string of the molecule is CCCNNC(=O)c1ccc(N2CCN(CCCCCCC(=O)N[C@H](C(=O)N3CCC[C@H]3C(=O)N[C@@H](C)c3ccc(-c4scnc4C)cc3)C(C)(C)C)CC2)cc1. The van der Waals surface area contributed by atoms with E-state index < -0.39 is 17.5 Å². The number of piperazine rings is 1. The van der Waals surface area contributed by atoms with E-state index in [2.05, 4.69) is 55.3 Å². The fraction of sp³-hybridized carbons (Fsp3) is 0.568. The van der Waals surface area contributed by atoms with Crippen molar-refractivity contribution >= 4 is 40.7 Å². The Hall–Kier alpha value is -4.33. The molecule has 310 valence electrons. The predicted octanol–water partition coefficient (Wildman–Crippen LogP) is 6.23. The maximum Gasteiger partial charge on any atom is 0.265 e. The molecule has 57 heavy (non-hydrogen) atoms. The van der Waals surface area contributed by atoms with E-state index in [-0.39, 0.29) is 29.7 Å². The minimum Gasteiger partial charge on any atom is -0.369 e. The monoisotopic (exact) mass is 800 g/mol. The van der Waals surface area contributed by atoms with Crippen LogP contribution in [0.3, 0.4) is 0 Å². The summed E-state index contributed by atoms with van der Waals surface area (Å²) in [4.78, 5) is 65.1. The summed E-state index contributed by atoms with van der Waals surface area (Å²) in [6, 6.07) is 14.5. The van der Waals surface area contributed by atoms with E-state index in [9.17, 15) is 19.2 Å². The molecule has 2 aliphatic heterocycles. The highest BCUT2D eigenvalue weighted by Crippen LogP contribution is 2.30. The van der Waals surface area contributed by atoms with Crippen molar-refractivity contribution in [1.29, 1.82) is 0 Å². The molecule has 2 saturated heterocycles. The highest BCUT2D eigenvalue weighted by atomic mass is 32.1. The molecule has 3 heterocycles. The van der Waals surface area contributed by atoms with Gasteiger partial charge in [0.05, 0.1) is 22.1 Å². The molecule has 0 unspecified atom stereocenters. The lowest BCUT2D eigenvalue weighted by Gasteiger charge is -2.36. The third kappa shape index (κ3) is 12.3. The number of nitrogens with one attached hydrogen (secondary N) is 4. The van der Waals surface area contributed by atoms with Gasteiger partial charge in [-0.05, 0) is 93.3 Å². The average Bonchev–Trinajstić information content (AvgIpc) is 3.88. The number of aryl methyl sites for hydroxylation is 1. The van der Waals surface area contributed by atoms with Crippen LogP contribution in [0.5, 0.6) is 0 Å². The van der Waals surface area contributed by atoms with E-state index in [1.165, 1.54) is 0 Å². The normalized spacial score (nSPS) is 17.3. The van der Waals surface area contributed by atoms with Gasteiger partial charge in [-0.1, -0.05) is 64.8 Å². The molecule has 13 heteroatoms. The zero-order valence-corrected chi connectivity index (χ0v) is 35.7. The molecule has 0 bridgehead atoms. The number of unbranched alkanes of at least 4 members (excludes halogenated alkanes) is 3. The summed E-state index contributed by atoms with van der Waals surface area (Å²) in [6.07, 6.45) is 6.51. The van der Waals surface area contributed by atoms with Crippen LogP contribution in [-0.2, 0) is 14.4 Å². The number of hydrogen-bond acceptors (Lipinski definition) is 9. The number of carbonyl (C=O) groups excluding carboxylic acids is 4. The van der Waals surface area contributed by atoms with Crippen LogP contribution >= 0.6 is 11.3 Å². The van der Waals surface area contributed by atoms with Crippen molar-refractivity contribution in [2.45, 2.75) is 111 Å². The Balaban J connectivity index is 1.000. The van der Waals surface area contributed by atoms with E-state index in [1.54, 1.807) is 16.2 Å². The standard InChI is InChI=1S/C44H64N8O4S/c1-7-23-46-49-41(54)35-19-21-36(22-20-35)51-28-26-50(27-29-51)24-11-9-8-10-14-38(53)48-40(44(4,5)6)43(56)52-25-12-13-37(52)42(55)47-31(2)33-15-17-34(18-16-33)39-32(3)45-30-57-39/h15-22,30-31,37,40,46H,7-14,23-29H2,1-6H3,(H,47,55)(H,48,53)(H,49,54)/t31-,37-,40+/m0/s1. The largest absolute Gasteiger partial charge is 0.369 e. The van der Waals surface area contributed by atoms with Gasteiger partial charge in [-0.2, -0.15) is 0 Å². The van der Waals surface area contributed by atoms with Crippen molar-refractivity contribution in [2.24, 2.45) is 5.41 Å². The van der Waals surface area contributed by atoms with Crippen molar-refractivity contribution in [1.82, 2.24) is 36.3 Å². The molecule has 2 fully saturated rings. The molecule has 12 nitrogen and oxygen atoms in total. The number of rotatable bonds is 18. The molecule has 3 aromatic rings. The van der Waals surface area contributed by atoms with Gasteiger partial charge >= 0.3 is 0 Å². The number of likely N-dealkylation sites (tertiary alicyclic amines) is 1. The minimum atomic E-state index is -0.720. The van der Waals surface area contributed by atoms with Crippen LogP contribution in [0.2, 0.25) is 0 Å². The molecule has 0 radical (unpaired) electrons. The highest BCUT2D eigenvalue weighted by molar-refractivity contribution is 7.13. The lowest BCUT2D eigenvalue weighted by atomic mass is 9.85. The van der Waals surface area contributed by atoms with Crippen LogP contribution < -0.4 is 26.4 Å². The van der Waals surface area contributed by atoms with Crippen LogP contribution in [0.4, 0.5) is 5.69 Å². The molecule has 5 rings (SSSR count). The second-order valence-corrected chi connectivity index (χ2v) is 17.5. The Morgan fingerprint density at radius 2 is 1.60 bits per heavy atom. The van der Waals surface area contributed by atoms with Crippen molar-refractivity contribution in [2.75, 3.05) is 50.7 Å². The Morgan fingerprint density at radius 1 is 0.895 bits per heavy atom.